The van der Waals surface area contributed by atoms with Gasteiger partial charge in [0, 0.05) is 13.1 Å². The lowest BCUT2D eigenvalue weighted by molar-refractivity contribution is 0.0880. The van der Waals surface area contributed by atoms with Crippen LogP contribution in [0.4, 0.5) is 0 Å². The highest BCUT2D eigenvalue weighted by molar-refractivity contribution is 6.33. The topological polar surface area (TPSA) is 45.9 Å². The van der Waals surface area contributed by atoms with Gasteiger partial charge in [0.2, 0.25) is 0 Å². The van der Waals surface area contributed by atoms with Crippen molar-refractivity contribution in [2.45, 2.75) is 6.92 Å². The number of hydrogen-bond acceptors (Lipinski definition) is 3. The molecule has 0 spiro atoms. The molecule has 2 heterocycles. The molecule has 0 aromatic carbocycles. The first-order valence-electron chi connectivity index (χ1n) is 3.97. The normalized spacial score (nSPS) is 14.5. The summed E-state index contributed by atoms with van der Waals surface area (Å²) in [5, 5.41) is 0.322. The van der Waals surface area contributed by atoms with Gasteiger partial charge in [-0.05, 0) is 6.92 Å². The van der Waals surface area contributed by atoms with E-state index in [0.29, 0.717) is 16.5 Å². The van der Waals surface area contributed by atoms with Crippen LogP contribution in [0.15, 0.2) is 6.20 Å². The Hall–Kier alpha value is -1.16. The van der Waals surface area contributed by atoms with Gasteiger partial charge in [-0.15, -0.1) is 0 Å². The summed E-state index contributed by atoms with van der Waals surface area (Å²) in [6.07, 6.45) is 1.46. The molecule has 68 valence electrons. The second kappa shape index (κ2) is 2.96. The minimum atomic E-state index is -0.101. The fourth-order valence-electron chi connectivity index (χ4n) is 1.01. The van der Waals surface area contributed by atoms with Crippen molar-refractivity contribution in [2.24, 2.45) is 0 Å². The fourth-order valence-corrected chi connectivity index (χ4v) is 1.18. The maximum absolute atomic E-state index is 11.5. The number of halogens is 1. The predicted molar refractivity (Wildman–Crippen MR) is 47.7 cm³/mol. The van der Waals surface area contributed by atoms with E-state index >= 15 is 0 Å². The molecule has 1 aromatic heterocycles. The van der Waals surface area contributed by atoms with E-state index in [9.17, 15) is 4.79 Å². The van der Waals surface area contributed by atoms with E-state index in [-0.39, 0.29) is 5.91 Å². The summed E-state index contributed by atoms with van der Waals surface area (Å²) >= 11 is 5.79. The van der Waals surface area contributed by atoms with Gasteiger partial charge >= 0.3 is 0 Å². The Morgan fingerprint density at radius 3 is 2.92 bits per heavy atom. The number of amides is 1. The molecule has 4 nitrogen and oxygen atoms in total. The lowest BCUT2D eigenvalue weighted by atomic mass is 10.4. The van der Waals surface area contributed by atoms with Gasteiger partial charge in [0.05, 0.1) is 11.2 Å². The number of aryl methyl sites for hydroxylation is 1. The van der Waals surface area contributed by atoms with Gasteiger partial charge in [-0.2, -0.15) is 0 Å². The SMILES string of the molecule is Cc1ncc(Cl)c(C(=O)N2CC2)n1. The molecule has 2 rings (SSSR count). The third-order valence-corrected chi connectivity index (χ3v) is 2.08. The van der Waals surface area contributed by atoms with Crippen LogP contribution in [-0.4, -0.2) is 33.9 Å². The first-order chi connectivity index (χ1) is 6.18. The smallest absolute Gasteiger partial charge is 0.274 e. The number of carbonyl (C=O) groups excluding carboxylic acids is 1. The molecule has 0 radical (unpaired) electrons. The van der Waals surface area contributed by atoms with Crippen LogP contribution in [0.3, 0.4) is 0 Å². The van der Waals surface area contributed by atoms with Crippen molar-refractivity contribution in [1.82, 2.24) is 14.9 Å². The second-order valence-electron chi connectivity index (χ2n) is 2.91. The maximum atomic E-state index is 11.5. The lowest BCUT2D eigenvalue weighted by Gasteiger charge is -2.02. The average Bonchev–Trinajstić information content (AvgIpc) is 2.91. The van der Waals surface area contributed by atoms with Crippen molar-refractivity contribution in [3.63, 3.8) is 0 Å². The van der Waals surface area contributed by atoms with Crippen molar-refractivity contribution in [3.8, 4) is 0 Å². The van der Waals surface area contributed by atoms with E-state index in [1.54, 1.807) is 11.8 Å². The van der Waals surface area contributed by atoms with Gasteiger partial charge in [0.1, 0.15) is 5.82 Å². The van der Waals surface area contributed by atoms with Crippen molar-refractivity contribution in [2.75, 3.05) is 13.1 Å². The van der Waals surface area contributed by atoms with Crippen molar-refractivity contribution >= 4 is 17.5 Å². The molecule has 1 aliphatic heterocycles. The van der Waals surface area contributed by atoms with Crippen LogP contribution in [0.1, 0.15) is 16.3 Å². The van der Waals surface area contributed by atoms with Gasteiger partial charge < -0.3 is 4.90 Å². The zero-order valence-electron chi connectivity index (χ0n) is 7.12. The van der Waals surface area contributed by atoms with Crippen LogP contribution in [0.5, 0.6) is 0 Å². The quantitative estimate of drug-likeness (QED) is 0.629. The summed E-state index contributed by atoms with van der Waals surface area (Å²) in [5.74, 6) is 0.463. The zero-order valence-corrected chi connectivity index (χ0v) is 7.88. The summed E-state index contributed by atoms with van der Waals surface area (Å²) in [6, 6.07) is 0. The molecule has 0 N–H and O–H groups in total. The number of aromatic nitrogens is 2. The molecule has 0 unspecified atom stereocenters. The molecule has 0 saturated carbocycles. The van der Waals surface area contributed by atoms with E-state index in [4.69, 9.17) is 11.6 Å². The molecule has 1 amide bonds. The molecule has 0 atom stereocenters. The van der Waals surface area contributed by atoms with Crippen LogP contribution in [0, 0.1) is 6.92 Å². The fraction of sp³-hybridized carbons (Fsp3) is 0.375. The summed E-state index contributed by atoms with van der Waals surface area (Å²) < 4.78 is 0. The third kappa shape index (κ3) is 1.62. The molecule has 1 fully saturated rings. The Labute approximate surface area is 80.5 Å². The minimum absolute atomic E-state index is 0.101. The van der Waals surface area contributed by atoms with Crippen LogP contribution in [0.2, 0.25) is 5.02 Å². The minimum Gasteiger partial charge on any atom is -0.334 e. The zero-order chi connectivity index (χ0) is 9.42. The Bertz CT molecular complexity index is 362. The first kappa shape index (κ1) is 8.44. The van der Waals surface area contributed by atoms with E-state index in [1.165, 1.54) is 6.20 Å². The summed E-state index contributed by atoms with van der Waals surface area (Å²) in [6.45, 7) is 3.34. The van der Waals surface area contributed by atoms with Crippen LogP contribution in [0.25, 0.3) is 0 Å². The standard InChI is InChI=1S/C8H8ClN3O/c1-5-10-4-6(9)7(11-5)8(13)12-2-3-12/h4H,2-3H2,1H3. The van der Waals surface area contributed by atoms with Gasteiger partial charge in [-0.3, -0.25) is 4.79 Å². The molecule has 1 saturated heterocycles. The third-order valence-electron chi connectivity index (χ3n) is 1.80. The Balaban J connectivity index is 2.37. The van der Waals surface area contributed by atoms with E-state index in [1.807, 2.05) is 0 Å². The first-order valence-corrected chi connectivity index (χ1v) is 4.34. The highest BCUT2D eigenvalue weighted by atomic mass is 35.5. The van der Waals surface area contributed by atoms with Crippen molar-refractivity contribution < 1.29 is 4.79 Å². The number of nitrogens with zero attached hydrogens (tertiary/aromatic N) is 3. The molecule has 13 heavy (non-hydrogen) atoms. The molecular formula is C8H8ClN3O. The molecule has 1 aliphatic rings. The van der Waals surface area contributed by atoms with E-state index in [0.717, 1.165) is 13.1 Å². The highest BCUT2D eigenvalue weighted by Crippen LogP contribution is 2.17. The van der Waals surface area contributed by atoms with Gasteiger partial charge in [0.15, 0.2) is 5.69 Å². The van der Waals surface area contributed by atoms with Crippen molar-refractivity contribution in [3.05, 3.63) is 22.7 Å². The molecule has 1 aromatic rings. The van der Waals surface area contributed by atoms with E-state index in [2.05, 4.69) is 9.97 Å². The van der Waals surface area contributed by atoms with Crippen molar-refractivity contribution in [1.29, 1.82) is 0 Å². The summed E-state index contributed by atoms with van der Waals surface area (Å²) in [7, 11) is 0. The van der Waals surface area contributed by atoms with Crippen LogP contribution >= 0.6 is 11.6 Å². The van der Waals surface area contributed by atoms with Crippen LogP contribution in [-0.2, 0) is 0 Å². The van der Waals surface area contributed by atoms with E-state index < -0.39 is 0 Å². The predicted octanol–water partition coefficient (Wildman–Crippen LogP) is 0.894. The average molecular weight is 198 g/mol. The second-order valence-corrected chi connectivity index (χ2v) is 3.31. The monoisotopic (exact) mass is 197 g/mol. The Kier molecular flexibility index (Phi) is 1.92. The number of rotatable bonds is 1. The molecular weight excluding hydrogens is 190 g/mol. The molecule has 0 bridgehead atoms. The highest BCUT2D eigenvalue weighted by Gasteiger charge is 2.28. The molecule has 0 aliphatic carbocycles. The lowest BCUT2D eigenvalue weighted by Crippen LogP contribution is -2.14. The number of carbonyl (C=O) groups is 1. The number of hydrogen-bond donors (Lipinski definition) is 0. The Morgan fingerprint density at radius 1 is 1.62 bits per heavy atom. The van der Waals surface area contributed by atoms with Gasteiger partial charge in [0.25, 0.3) is 5.91 Å². The molecule has 5 heteroatoms. The summed E-state index contributed by atoms with van der Waals surface area (Å²) in [5.41, 5.74) is 0.312. The maximum Gasteiger partial charge on any atom is 0.274 e. The van der Waals surface area contributed by atoms with Gasteiger partial charge in [-0.25, -0.2) is 9.97 Å². The van der Waals surface area contributed by atoms with Gasteiger partial charge in [-0.1, -0.05) is 11.6 Å². The Morgan fingerprint density at radius 2 is 2.31 bits per heavy atom. The van der Waals surface area contributed by atoms with Crippen LogP contribution < -0.4 is 0 Å². The summed E-state index contributed by atoms with van der Waals surface area (Å²) in [4.78, 5) is 21.1. The largest absolute Gasteiger partial charge is 0.334 e.